The first-order valence-electron chi connectivity index (χ1n) is 10.6. The van der Waals surface area contributed by atoms with Gasteiger partial charge in [0.25, 0.3) is 0 Å². The molecule has 2 atom stereocenters. The minimum Gasteiger partial charge on any atom is -0.368 e. The minimum absolute atomic E-state index is 0.0176. The van der Waals surface area contributed by atoms with Crippen molar-refractivity contribution in [2.75, 3.05) is 29.9 Å². The van der Waals surface area contributed by atoms with Crippen LogP contribution in [-0.4, -0.2) is 52.4 Å². The molecule has 2 aliphatic rings. The Morgan fingerprint density at radius 3 is 2.70 bits per heavy atom. The highest BCUT2D eigenvalue weighted by Gasteiger charge is 2.29. The number of amides is 2. The lowest BCUT2D eigenvalue weighted by atomic mass is 9.97. The summed E-state index contributed by atoms with van der Waals surface area (Å²) in [6, 6.07) is 9.43. The number of hydrogen-bond donors (Lipinski definition) is 2. The summed E-state index contributed by atoms with van der Waals surface area (Å²) in [6.07, 6.45) is 7.02. The average Bonchev–Trinajstić information content (AvgIpc) is 3.23. The summed E-state index contributed by atoms with van der Waals surface area (Å²) >= 11 is 0. The number of carbonyl (C=O) groups excluding carboxylic acids is 2. The molecule has 3 N–H and O–H groups in total. The van der Waals surface area contributed by atoms with Crippen LogP contribution in [0, 0.1) is 5.92 Å². The second-order valence-electron chi connectivity index (χ2n) is 8.05. The molecule has 1 aromatic heterocycles. The van der Waals surface area contributed by atoms with Gasteiger partial charge in [-0.15, -0.1) is 0 Å². The molecule has 3 heterocycles. The normalized spacial score (nSPS) is 22.1. The molecule has 8 nitrogen and oxygen atoms in total. The maximum atomic E-state index is 12.9. The van der Waals surface area contributed by atoms with E-state index >= 15 is 0 Å². The summed E-state index contributed by atoms with van der Waals surface area (Å²) in [5, 5.41) is 3.07. The highest BCUT2D eigenvalue weighted by molar-refractivity contribution is 5.93. The molecule has 0 bridgehead atoms. The molecule has 4 rings (SSSR count). The van der Waals surface area contributed by atoms with Gasteiger partial charge < -0.3 is 16.0 Å². The van der Waals surface area contributed by atoms with E-state index in [1.54, 1.807) is 18.5 Å². The van der Waals surface area contributed by atoms with E-state index in [0.29, 0.717) is 19.0 Å². The number of likely N-dealkylation sites (tertiary alicyclic amines) is 1. The van der Waals surface area contributed by atoms with Gasteiger partial charge in [-0.1, -0.05) is 12.1 Å². The van der Waals surface area contributed by atoms with E-state index in [9.17, 15) is 9.59 Å². The first kappa shape index (κ1) is 20.3. The predicted molar refractivity (Wildman–Crippen MR) is 115 cm³/mol. The fourth-order valence-electron chi connectivity index (χ4n) is 4.39. The molecule has 0 saturated carbocycles. The van der Waals surface area contributed by atoms with E-state index in [4.69, 9.17) is 5.73 Å². The second kappa shape index (κ2) is 9.21. The maximum absolute atomic E-state index is 12.9. The third kappa shape index (κ3) is 4.76. The summed E-state index contributed by atoms with van der Waals surface area (Å²) in [5.74, 6) is 0.320. The SMILES string of the molecule is NC(=O)C1CCCN1Cc1cccc(NC(=O)C2CCCN(c3ncccn3)C2)c1. The van der Waals surface area contributed by atoms with Crippen molar-refractivity contribution in [3.8, 4) is 0 Å². The van der Waals surface area contributed by atoms with Crippen LogP contribution in [0.3, 0.4) is 0 Å². The monoisotopic (exact) mass is 408 g/mol. The van der Waals surface area contributed by atoms with Crippen LogP contribution in [0.1, 0.15) is 31.2 Å². The predicted octanol–water partition coefficient (Wildman–Crippen LogP) is 1.78. The highest BCUT2D eigenvalue weighted by atomic mass is 16.2. The number of rotatable bonds is 6. The molecule has 2 unspecified atom stereocenters. The van der Waals surface area contributed by atoms with Gasteiger partial charge in [-0.05, 0) is 56.0 Å². The summed E-state index contributed by atoms with van der Waals surface area (Å²) in [5.41, 5.74) is 7.36. The molecule has 158 valence electrons. The van der Waals surface area contributed by atoms with Crippen LogP contribution >= 0.6 is 0 Å². The third-order valence-corrected chi connectivity index (χ3v) is 5.90. The largest absolute Gasteiger partial charge is 0.368 e. The molecule has 2 aliphatic heterocycles. The average molecular weight is 409 g/mol. The van der Waals surface area contributed by atoms with Crippen molar-refractivity contribution in [3.63, 3.8) is 0 Å². The van der Waals surface area contributed by atoms with E-state index in [1.807, 2.05) is 24.3 Å². The van der Waals surface area contributed by atoms with Crippen molar-refractivity contribution in [3.05, 3.63) is 48.3 Å². The number of nitrogens with one attached hydrogen (secondary N) is 1. The molecule has 2 fully saturated rings. The minimum atomic E-state index is -0.263. The zero-order chi connectivity index (χ0) is 20.9. The fraction of sp³-hybridized carbons (Fsp3) is 0.455. The maximum Gasteiger partial charge on any atom is 0.234 e. The number of anilines is 2. The zero-order valence-electron chi connectivity index (χ0n) is 17.0. The van der Waals surface area contributed by atoms with Gasteiger partial charge in [0.15, 0.2) is 0 Å². The van der Waals surface area contributed by atoms with Crippen molar-refractivity contribution < 1.29 is 9.59 Å². The topological polar surface area (TPSA) is 104 Å². The van der Waals surface area contributed by atoms with E-state index in [0.717, 1.165) is 50.0 Å². The van der Waals surface area contributed by atoms with E-state index < -0.39 is 0 Å². The Morgan fingerprint density at radius 1 is 1.10 bits per heavy atom. The first-order valence-corrected chi connectivity index (χ1v) is 10.6. The number of benzene rings is 1. The lowest BCUT2D eigenvalue weighted by molar-refractivity contribution is -0.122. The zero-order valence-corrected chi connectivity index (χ0v) is 17.0. The molecular formula is C22H28N6O2. The van der Waals surface area contributed by atoms with Crippen LogP contribution < -0.4 is 16.0 Å². The third-order valence-electron chi connectivity index (χ3n) is 5.90. The van der Waals surface area contributed by atoms with Crippen molar-refractivity contribution in [1.82, 2.24) is 14.9 Å². The van der Waals surface area contributed by atoms with Crippen molar-refractivity contribution in [1.29, 1.82) is 0 Å². The Hall–Kier alpha value is -3.00. The molecular weight excluding hydrogens is 380 g/mol. The summed E-state index contributed by atoms with van der Waals surface area (Å²) in [4.78, 5) is 37.3. The van der Waals surface area contributed by atoms with Crippen LogP contribution in [0.5, 0.6) is 0 Å². The lowest BCUT2D eigenvalue weighted by Gasteiger charge is -2.31. The molecule has 0 aliphatic carbocycles. The number of carbonyl (C=O) groups is 2. The quantitative estimate of drug-likeness (QED) is 0.755. The summed E-state index contributed by atoms with van der Waals surface area (Å²) in [6.45, 7) is 2.99. The summed E-state index contributed by atoms with van der Waals surface area (Å²) in [7, 11) is 0. The molecule has 2 aromatic rings. The van der Waals surface area contributed by atoms with E-state index in [-0.39, 0.29) is 23.8 Å². The van der Waals surface area contributed by atoms with Gasteiger partial charge in [-0.3, -0.25) is 14.5 Å². The van der Waals surface area contributed by atoms with Crippen LogP contribution in [0.15, 0.2) is 42.7 Å². The standard InChI is InChI=1S/C22H28N6O2/c23-20(29)19-8-3-11-27(19)14-16-5-1-7-18(13-16)26-21(30)17-6-2-12-28(15-17)22-24-9-4-10-25-22/h1,4-5,7,9-10,13,17,19H,2-3,6,8,11-12,14-15H2,(H2,23,29)(H,26,30). The second-order valence-corrected chi connectivity index (χ2v) is 8.05. The number of aromatic nitrogens is 2. The van der Waals surface area contributed by atoms with Gasteiger partial charge in [0, 0.05) is 37.7 Å². The molecule has 2 amide bonds. The Balaban J connectivity index is 1.37. The van der Waals surface area contributed by atoms with Crippen LogP contribution in [0.25, 0.3) is 0 Å². The molecule has 8 heteroatoms. The van der Waals surface area contributed by atoms with E-state index in [2.05, 4.69) is 25.1 Å². The van der Waals surface area contributed by atoms with Gasteiger partial charge in [0.2, 0.25) is 17.8 Å². The smallest absolute Gasteiger partial charge is 0.234 e. The van der Waals surface area contributed by atoms with Crippen molar-refractivity contribution in [2.24, 2.45) is 11.7 Å². The molecule has 0 spiro atoms. The van der Waals surface area contributed by atoms with Crippen LogP contribution in [0.2, 0.25) is 0 Å². The molecule has 2 saturated heterocycles. The number of hydrogen-bond acceptors (Lipinski definition) is 6. The van der Waals surface area contributed by atoms with Crippen LogP contribution in [-0.2, 0) is 16.1 Å². The van der Waals surface area contributed by atoms with Crippen molar-refractivity contribution >= 4 is 23.5 Å². The first-order chi connectivity index (χ1) is 14.6. The Kier molecular flexibility index (Phi) is 6.23. The van der Waals surface area contributed by atoms with Gasteiger partial charge in [-0.2, -0.15) is 0 Å². The van der Waals surface area contributed by atoms with Gasteiger partial charge >= 0.3 is 0 Å². The Bertz CT molecular complexity index is 890. The number of nitrogens with zero attached hydrogens (tertiary/aromatic N) is 4. The fourth-order valence-corrected chi connectivity index (χ4v) is 4.39. The van der Waals surface area contributed by atoms with Crippen LogP contribution in [0.4, 0.5) is 11.6 Å². The Labute approximate surface area is 176 Å². The van der Waals surface area contributed by atoms with Crippen molar-refractivity contribution in [2.45, 2.75) is 38.3 Å². The lowest BCUT2D eigenvalue weighted by Crippen LogP contribution is -2.41. The van der Waals surface area contributed by atoms with Gasteiger partial charge in [0.1, 0.15) is 0 Å². The summed E-state index contributed by atoms with van der Waals surface area (Å²) < 4.78 is 0. The number of nitrogens with two attached hydrogens (primary N) is 1. The number of piperidine rings is 1. The Morgan fingerprint density at radius 2 is 1.90 bits per heavy atom. The highest BCUT2D eigenvalue weighted by Crippen LogP contribution is 2.23. The van der Waals surface area contributed by atoms with Gasteiger partial charge in [-0.25, -0.2) is 9.97 Å². The number of primary amides is 1. The van der Waals surface area contributed by atoms with E-state index in [1.165, 1.54) is 0 Å². The van der Waals surface area contributed by atoms with Gasteiger partial charge in [0.05, 0.1) is 12.0 Å². The molecule has 1 aromatic carbocycles. The molecule has 30 heavy (non-hydrogen) atoms. The molecule has 0 radical (unpaired) electrons.